The zero-order valence-corrected chi connectivity index (χ0v) is 11.7. The predicted octanol–water partition coefficient (Wildman–Crippen LogP) is 3.87. The predicted molar refractivity (Wildman–Crippen MR) is 81.3 cm³/mol. The van der Waals surface area contributed by atoms with Crippen molar-refractivity contribution in [3.63, 3.8) is 0 Å². The summed E-state index contributed by atoms with van der Waals surface area (Å²) in [7, 11) is 0. The van der Waals surface area contributed by atoms with E-state index in [1.165, 1.54) is 0 Å². The van der Waals surface area contributed by atoms with Crippen LogP contribution in [0.5, 0.6) is 11.5 Å². The molecule has 0 bridgehead atoms. The summed E-state index contributed by atoms with van der Waals surface area (Å²) in [5, 5.41) is 10.8. The third kappa shape index (κ3) is 3.01. The average molecular weight is 280 g/mol. The Bertz CT molecular complexity index is 741. The Hall–Kier alpha value is -2.46. The molecule has 0 spiro atoms. The maximum atomic E-state index is 9.72. The fourth-order valence-corrected chi connectivity index (χ4v) is 2.10. The maximum Gasteiger partial charge on any atom is 0.145 e. The normalized spacial score (nSPS) is 12.3. The van der Waals surface area contributed by atoms with Crippen molar-refractivity contribution >= 4 is 10.9 Å². The lowest BCUT2D eigenvalue weighted by molar-refractivity contribution is 0.169. The van der Waals surface area contributed by atoms with Gasteiger partial charge in [0.15, 0.2) is 0 Å². The molecule has 0 fully saturated rings. The molecule has 1 atom stereocenters. The van der Waals surface area contributed by atoms with E-state index in [1.807, 2.05) is 43.3 Å². The Morgan fingerprint density at radius 3 is 2.71 bits per heavy atom. The molecule has 1 N–H and O–H groups in total. The Labute approximate surface area is 123 Å². The molecular formula is C17H16N2O2. The number of hydrogen-bond donors (Lipinski definition) is 1. The van der Waals surface area contributed by atoms with Crippen LogP contribution in [-0.2, 0) is 0 Å². The van der Waals surface area contributed by atoms with Gasteiger partial charge in [0.2, 0.25) is 0 Å². The van der Waals surface area contributed by atoms with Gasteiger partial charge < -0.3 is 9.84 Å². The van der Waals surface area contributed by atoms with Gasteiger partial charge in [-0.05, 0) is 36.8 Å². The number of benzene rings is 1. The van der Waals surface area contributed by atoms with Crippen LogP contribution in [0.25, 0.3) is 10.9 Å². The van der Waals surface area contributed by atoms with E-state index < -0.39 is 6.10 Å². The van der Waals surface area contributed by atoms with Gasteiger partial charge in [-0.1, -0.05) is 13.0 Å². The summed E-state index contributed by atoms with van der Waals surface area (Å²) in [5.74, 6) is 1.35. The molecular weight excluding hydrogens is 264 g/mol. The molecule has 0 saturated carbocycles. The van der Waals surface area contributed by atoms with Crippen molar-refractivity contribution in [1.29, 1.82) is 0 Å². The van der Waals surface area contributed by atoms with Crippen LogP contribution in [0.1, 0.15) is 25.1 Å². The number of aliphatic hydroxyl groups excluding tert-OH is 1. The zero-order valence-electron chi connectivity index (χ0n) is 11.7. The van der Waals surface area contributed by atoms with Crippen molar-refractivity contribution in [1.82, 2.24) is 9.97 Å². The van der Waals surface area contributed by atoms with Gasteiger partial charge in [0.05, 0.1) is 23.5 Å². The van der Waals surface area contributed by atoms with E-state index in [2.05, 4.69) is 9.97 Å². The largest absolute Gasteiger partial charge is 0.456 e. The number of fused-ring (bicyclic) bond motifs is 1. The number of aromatic nitrogens is 2. The number of aliphatic hydroxyl groups is 1. The fraction of sp³-hybridized carbons (Fsp3) is 0.176. The second kappa shape index (κ2) is 5.89. The molecule has 3 rings (SSSR count). The third-order valence-electron chi connectivity index (χ3n) is 3.30. The van der Waals surface area contributed by atoms with Crippen LogP contribution in [0.2, 0.25) is 0 Å². The van der Waals surface area contributed by atoms with Crippen LogP contribution >= 0.6 is 0 Å². The van der Waals surface area contributed by atoms with Gasteiger partial charge in [0, 0.05) is 17.6 Å². The SMILES string of the molecule is CC[C@H](O)c1ccc(Oc2ccc3cccnc3c2)cn1. The Morgan fingerprint density at radius 1 is 1.10 bits per heavy atom. The number of rotatable bonds is 4. The standard InChI is InChI=1S/C17H16N2O2/c1-2-17(20)15-8-7-14(11-19-15)21-13-6-5-12-4-3-9-18-16(12)10-13/h3-11,17,20H,2H2,1H3/t17-/m0/s1. The summed E-state index contributed by atoms with van der Waals surface area (Å²) < 4.78 is 5.77. The van der Waals surface area contributed by atoms with Gasteiger partial charge in [-0.25, -0.2) is 0 Å². The van der Waals surface area contributed by atoms with Crippen LogP contribution in [0, 0.1) is 0 Å². The van der Waals surface area contributed by atoms with Gasteiger partial charge in [-0.3, -0.25) is 9.97 Å². The van der Waals surface area contributed by atoms with E-state index in [0.29, 0.717) is 23.6 Å². The zero-order chi connectivity index (χ0) is 14.7. The van der Waals surface area contributed by atoms with Gasteiger partial charge in [-0.2, -0.15) is 0 Å². The van der Waals surface area contributed by atoms with E-state index in [-0.39, 0.29) is 0 Å². The highest BCUT2D eigenvalue weighted by Crippen LogP contribution is 2.25. The van der Waals surface area contributed by atoms with Crippen LogP contribution in [0.15, 0.2) is 54.9 Å². The summed E-state index contributed by atoms with van der Waals surface area (Å²) in [6, 6.07) is 13.3. The first kappa shape index (κ1) is 13.5. The van der Waals surface area contributed by atoms with E-state index in [9.17, 15) is 5.11 Å². The molecule has 0 aliphatic heterocycles. The summed E-state index contributed by atoms with van der Waals surface area (Å²) in [6.07, 6.45) is 3.50. The molecule has 0 radical (unpaired) electrons. The summed E-state index contributed by atoms with van der Waals surface area (Å²) in [5.41, 5.74) is 1.55. The molecule has 0 aliphatic rings. The minimum atomic E-state index is -0.524. The molecule has 2 aromatic heterocycles. The molecule has 21 heavy (non-hydrogen) atoms. The minimum Gasteiger partial charge on any atom is -0.456 e. The Balaban J connectivity index is 1.81. The topological polar surface area (TPSA) is 55.2 Å². The molecule has 0 amide bonds. The molecule has 0 aliphatic carbocycles. The van der Waals surface area contributed by atoms with Crippen molar-refractivity contribution in [3.8, 4) is 11.5 Å². The highest BCUT2D eigenvalue weighted by atomic mass is 16.5. The van der Waals surface area contributed by atoms with E-state index >= 15 is 0 Å². The number of ether oxygens (including phenoxy) is 1. The molecule has 0 unspecified atom stereocenters. The summed E-state index contributed by atoms with van der Waals surface area (Å²) in [4.78, 5) is 8.52. The molecule has 106 valence electrons. The van der Waals surface area contributed by atoms with E-state index in [4.69, 9.17) is 4.74 Å². The van der Waals surface area contributed by atoms with Gasteiger partial charge in [0.25, 0.3) is 0 Å². The smallest absolute Gasteiger partial charge is 0.145 e. The van der Waals surface area contributed by atoms with Crippen molar-refractivity contribution in [2.75, 3.05) is 0 Å². The first-order valence-corrected chi connectivity index (χ1v) is 6.93. The van der Waals surface area contributed by atoms with Crippen LogP contribution in [-0.4, -0.2) is 15.1 Å². The van der Waals surface area contributed by atoms with Crippen molar-refractivity contribution in [2.45, 2.75) is 19.4 Å². The van der Waals surface area contributed by atoms with Crippen molar-refractivity contribution in [2.24, 2.45) is 0 Å². The first-order valence-electron chi connectivity index (χ1n) is 6.93. The lowest BCUT2D eigenvalue weighted by atomic mass is 10.2. The fourth-order valence-electron chi connectivity index (χ4n) is 2.10. The van der Waals surface area contributed by atoms with Crippen LogP contribution in [0.4, 0.5) is 0 Å². The van der Waals surface area contributed by atoms with Crippen molar-refractivity contribution < 1.29 is 9.84 Å². The van der Waals surface area contributed by atoms with Gasteiger partial charge >= 0.3 is 0 Å². The van der Waals surface area contributed by atoms with E-state index in [0.717, 1.165) is 10.9 Å². The Morgan fingerprint density at radius 2 is 1.95 bits per heavy atom. The maximum absolute atomic E-state index is 9.72. The molecule has 3 aromatic rings. The average Bonchev–Trinajstić information content (AvgIpc) is 2.55. The quantitative estimate of drug-likeness (QED) is 0.788. The molecule has 1 aromatic carbocycles. The molecule has 4 heteroatoms. The third-order valence-corrected chi connectivity index (χ3v) is 3.30. The summed E-state index contributed by atoms with van der Waals surface area (Å²) in [6.45, 7) is 1.92. The van der Waals surface area contributed by atoms with Gasteiger partial charge in [0.1, 0.15) is 11.5 Å². The number of pyridine rings is 2. The monoisotopic (exact) mass is 280 g/mol. The van der Waals surface area contributed by atoms with Crippen molar-refractivity contribution in [3.05, 3.63) is 60.6 Å². The second-order valence-electron chi connectivity index (χ2n) is 4.80. The molecule has 4 nitrogen and oxygen atoms in total. The Kier molecular flexibility index (Phi) is 3.79. The molecule has 0 saturated heterocycles. The lowest BCUT2D eigenvalue weighted by Gasteiger charge is -2.09. The number of hydrogen-bond acceptors (Lipinski definition) is 4. The van der Waals surface area contributed by atoms with Crippen LogP contribution in [0.3, 0.4) is 0 Å². The van der Waals surface area contributed by atoms with Crippen LogP contribution < -0.4 is 4.74 Å². The highest BCUT2D eigenvalue weighted by Gasteiger charge is 2.06. The van der Waals surface area contributed by atoms with Gasteiger partial charge in [-0.15, -0.1) is 0 Å². The molecule has 2 heterocycles. The first-order chi connectivity index (χ1) is 10.3. The summed E-state index contributed by atoms with van der Waals surface area (Å²) >= 11 is 0. The minimum absolute atomic E-state index is 0.524. The highest BCUT2D eigenvalue weighted by molar-refractivity contribution is 5.79. The van der Waals surface area contributed by atoms with E-state index in [1.54, 1.807) is 18.5 Å². The lowest BCUT2D eigenvalue weighted by Crippen LogP contribution is -1.98. The second-order valence-corrected chi connectivity index (χ2v) is 4.80. The number of nitrogens with zero attached hydrogens (tertiary/aromatic N) is 2.